The Morgan fingerprint density at radius 1 is 1.10 bits per heavy atom. The molecule has 0 saturated heterocycles. The molecule has 0 bridgehead atoms. The smallest absolute Gasteiger partial charge is 0.139 e. The van der Waals surface area contributed by atoms with Gasteiger partial charge < -0.3 is 4.74 Å². The van der Waals surface area contributed by atoms with E-state index in [-0.39, 0.29) is 0 Å². The van der Waals surface area contributed by atoms with Crippen LogP contribution in [0.3, 0.4) is 0 Å². The Balaban J connectivity index is 1.82. The van der Waals surface area contributed by atoms with Crippen LogP contribution >= 0.6 is 0 Å². The number of aryl methyl sites for hydroxylation is 1. The summed E-state index contributed by atoms with van der Waals surface area (Å²) in [6.45, 7) is 2.72. The van der Waals surface area contributed by atoms with E-state index in [4.69, 9.17) is 4.74 Å². The minimum Gasteiger partial charge on any atom is -0.493 e. The number of pyridine rings is 1. The minimum atomic E-state index is 0.754. The van der Waals surface area contributed by atoms with Crippen molar-refractivity contribution in [1.82, 2.24) is 20.4 Å². The molecule has 1 N–H and O–H groups in total. The normalized spacial score (nSPS) is 13.0. The zero-order valence-corrected chi connectivity index (χ0v) is 11.6. The molecular weight excluding hydrogens is 264 g/mol. The van der Waals surface area contributed by atoms with E-state index < -0.39 is 0 Å². The van der Waals surface area contributed by atoms with Crippen LogP contribution in [-0.2, 0) is 6.42 Å². The van der Waals surface area contributed by atoms with Crippen LogP contribution in [0.5, 0.6) is 5.75 Å². The number of hydrogen-bond donors (Lipinski definition) is 1. The Morgan fingerprint density at radius 2 is 2.00 bits per heavy atom. The summed E-state index contributed by atoms with van der Waals surface area (Å²) < 4.78 is 5.55. The number of ether oxygens (including phenoxy) is 1. The van der Waals surface area contributed by atoms with Gasteiger partial charge in [-0.3, -0.25) is 4.98 Å². The molecule has 0 saturated carbocycles. The van der Waals surface area contributed by atoms with Crippen LogP contribution in [-0.4, -0.2) is 27.0 Å². The number of rotatable bonds is 2. The van der Waals surface area contributed by atoms with Crippen LogP contribution in [0.4, 0.5) is 0 Å². The van der Waals surface area contributed by atoms with Crippen molar-refractivity contribution in [3.8, 4) is 28.4 Å². The summed E-state index contributed by atoms with van der Waals surface area (Å²) in [7, 11) is 0. The van der Waals surface area contributed by atoms with Crippen molar-refractivity contribution in [2.45, 2.75) is 13.3 Å². The number of nitrogens with one attached hydrogen (secondary N) is 1. The lowest BCUT2D eigenvalue weighted by Gasteiger charge is -2.04. The summed E-state index contributed by atoms with van der Waals surface area (Å²) in [5.74, 6) is 0.970. The molecular formula is C16H14N4O. The average molecular weight is 278 g/mol. The lowest BCUT2D eigenvalue weighted by atomic mass is 10.0. The number of fused-ring (bicyclic) bond motifs is 1. The van der Waals surface area contributed by atoms with E-state index in [1.165, 1.54) is 5.56 Å². The van der Waals surface area contributed by atoms with Gasteiger partial charge in [-0.1, -0.05) is 6.07 Å². The second-order valence-corrected chi connectivity index (χ2v) is 5.11. The fourth-order valence-electron chi connectivity index (χ4n) is 2.62. The van der Waals surface area contributed by atoms with Crippen molar-refractivity contribution in [2.24, 2.45) is 0 Å². The standard InChI is InChI=1S/C16H14N4O/c1-10-3-2-4-13(17-10)16-15(18-20-19-16)12-5-6-14-11(9-12)7-8-21-14/h2-6,9H,7-8H2,1H3,(H,18,19,20). The first kappa shape index (κ1) is 12.1. The molecule has 0 fully saturated rings. The van der Waals surface area contributed by atoms with Crippen molar-refractivity contribution < 1.29 is 4.74 Å². The zero-order chi connectivity index (χ0) is 14.2. The fourth-order valence-corrected chi connectivity index (χ4v) is 2.62. The number of H-pyrrole nitrogens is 1. The Hall–Kier alpha value is -2.69. The van der Waals surface area contributed by atoms with Crippen LogP contribution in [0.2, 0.25) is 0 Å². The van der Waals surface area contributed by atoms with Crippen LogP contribution in [0.15, 0.2) is 36.4 Å². The maximum Gasteiger partial charge on any atom is 0.139 e. The molecule has 0 unspecified atom stereocenters. The van der Waals surface area contributed by atoms with Gasteiger partial charge in [0.2, 0.25) is 0 Å². The fraction of sp³-hybridized carbons (Fsp3) is 0.188. The molecule has 0 atom stereocenters. The minimum absolute atomic E-state index is 0.754. The molecule has 0 amide bonds. The van der Waals surface area contributed by atoms with Crippen molar-refractivity contribution >= 4 is 0 Å². The van der Waals surface area contributed by atoms with Gasteiger partial charge in [-0.15, -0.1) is 0 Å². The van der Waals surface area contributed by atoms with Gasteiger partial charge in [-0.25, -0.2) is 0 Å². The third kappa shape index (κ3) is 2.07. The largest absolute Gasteiger partial charge is 0.493 e. The van der Waals surface area contributed by atoms with Crippen molar-refractivity contribution in [1.29, 1.82) is 0 Å². The van der Waals surface area contributed by atoms with Crippen LogP contribution < -0.4 is 4.74 Å². The summed E-state index contributed by atoms with van der Waals surface area (Å²) in [6, 6.07) is 12.0. The second-order valence-electron chi connectivity index (χ2n) is 5.11. The maximum atomic E-state index is 5.55. The topological polar surface area (TPSA) is 63.7 Å². The molecule has 21 heavy (non-hydrogen) atoms. The third-order valence-corrected chi connectivity index (χ3v) is 3.64. The molecule has 5 nitrogen and oxygen atoms in total. The molecule has 5 heteroatoms. The maximum absolute atomic E-state index is 5.55. The quantitative estimate of drug-likeness (QED) is 0.783. The van der Waals surface area contributed by atoms with Crippen LogP contribution in [0, 0.1) is 6.92 Å². The first-order chi connectivity index (χ1) is 10.3. The Bertz CT molecular complexity index is 810. The molecule has 3 heterocycles. The second kappa shape index (κ2) is 4.70. The molecule has 0 radical (unpaired) electrons. The lowest BCUT2D eigenvalue weighted by molar-refractivity contribution is 0.357. The Kier molecular flexibility index (Phi) is 2.70. The SMILES string of the molecule is Cc1cccc(-c2n[nH]nc2-c2ccc3c(c2)CCO3)n1. The third-order valence-electron chi connectivity index (χ3n) is 3.64. The lowest BCUT2D eigenvalue weighted by Crippen LogP contribution is -1.90. The van der Waals surface area contributed by atoms with Gasteiger partial charge in [0.15, 0.2) is 0 Å². The zero-order valence-electron chi connectivity index (χ0n) is 11.6. The van der Waals surface area contributed by atoms with E-state index in [9.17, 15) is 0 Å². The average Bonchev–Trinajstić information content (AvgIpc) is 3.15. The van der Waals surface area contributed by atoms with Crippen molar-refractivity contribution in [3.63, 3.8) is 0 Å². The highest BCUT2D eigenvalue weighted by Gasteiger charge is 2.17. The van der Waals surface area contributed by atoms with Crippen LogP contribution in [0.25, 0.3) is 22.6 Å². The predicted molar refractivity (Wildman–Crippen MR) is 79.0 cm³/mol. The molecule has 0 spiro atoms. The van der Waals surface area contributed by atoms with E-state index >= 15 is 0 Å². The summed E-state index contributed by atoms with van der Waals surface area (Å²) in [4.78, 5) is 4.53. The van der Waals surface area contributed by atoms with Crippen LogP contribution in [0.1, 0.15) is 11.3 Å². The molecule has 2 aromatic heterocycles. The summed E-state index contributed by atoms with van der Waals surface area (Å²) in [5, 5.41) is 11.3. The molecule has 4 rings (SSSR count). The van der Waals surface area contributed by atoms with E-state index in [1.807, 2.05) is 37.3 Å². The number of aromatic nitrogens is 4. The van der Waals surface area contributed by atoms with E-state index in [1.54, 1.807) is 0 Å². The van der Waals surface area contributed by atoms with Gasteiger partial charge in [0.1, 0.15) is 17.1 Å². The van der Waals surface area contributed by atoms with E-state index in [0.29, 0.717) is 0 Å². The van der Waals surface area contributed by atoms with Gasteiger partial charge in [0.25, 0.3) is 0 Å². The summed E-state index contributed by atoms with van der Waals surface area (Å²) >= 11 is 0. The first-order valence-corrected chi connectivity index (χ1v) is 6.92. The molecule has 3 aromatic rings. The molecule has 1 aliphatic rings. The highest BCUT2D eigenvalue weighted by Crippen LogP contribution is 2.32. The van der Waals surface area contributed by atoms with Gasteiger partial charge >= 0.3 is 0 Å². The first-order valence-electron chi connectivity index (χ1n) is 6.92. The highest BCUT2D eigenvalue weighted by molar-refractivity contribution is 5.76. The highest BCUT2D eigenvalue weighted by atomic mass is 16.5. The van der Waals surface area contributed by atoms with Crippen molar-refractivity contribution in [3.05, 3.63) is 47.7 Å². The number of aromatic amines is 1. The predicted octanol–water partition coefficient (Wildman–Crippen LogP) is 2.78. The van der Waals surface area contributed by atoms with Gasteiger partial charge in [-0.2, -0.15) is 15.4 Å². The Labute approximate surface area is 122 Å². The van der Waals surface area contributed by atoms with E-state index in [0.717, 1.165) is 47.1 Å². The monoisotopic (exact) mass is 278 g/mol. The molecule has 1 aromatic carbocycles. The number of hydrogen-bond acceptors (Lipinski definition) is 4. The van der Waals surface area contributed by atoms with E-state index in [2.05, 4.69) is 26.5 Å². The molecule has 0 aliphatic carbocycles. The summed E-state index contributed by atoms with van der Waals surface area (Å²) in [5.41, 5.74) is 5.64. The van der Waals surface area contributed by atoms with Crippen molar-refractivity contribution in [2.75, 3.05) is 6.61 Å². The number of nitrogens with zero attached hydrogens (tertiary/aromatic N) is 3. The van der Waals surface area contributed by atoms with Gasteiger partial charge in [-0.05, 0) is 42.8 Å². The Morgan fingerprint density at radius 3 is 2.90 bits per heavy atom. The summed E-state index contributed by atoms with van der Waals surface area (Å²) in [6.07, 6.45) is 0.944. The van der Waals surface area contributed by atoms with Gasteiger partial charge in [0, 0.05) is 17.7 Å². The number of benzene rings is 1. The van der Waals surface area contributed by atoms with Gasteiger partial charge in [0.05, 0.1) is 12.3 Å². The molecule has 104 valence electrons. The molecule has 1 aliphatic heterocycles.